The first kappa shape index (κ1) is 20.5. The lowest BCUT2D eigenvalue weighted by atomic mass is 10.1. The van der Waals surface area contributed by atoms with E-state index in [0.717, 1.165) is 17.7 Å². The third kappa shape index (κ3) is 5.65. The molecule has 0 heterocycles. The molecule has 0 radical (unpaired) electrons. The van der Waals surface area contributed by atoms with E-state index in [1.807, 2.05) is 0 Å². The van der Waals surface area contributed by atoms with Crippen LogP contribution in [0.1, 0.15) is 22.7 Å². The lowest BCUT2D eigenvalue weighted by Crippen LogP contribution is -2.32. The number of hydrogen-bond donors (Lipinski definition) is 2. The van der Waals surface area contributed by atoms with Gasteiger partial charge in [-0.05, 0) is 41.5 Å². The Kier molecular flexibility index (Phi) is 6.29. The molecule has 3 aromatic carbocycles. The molecule has 3 rings (SSSR count). The van der Waals surface area contributed by atoms with Crippen LogP contribution >= 0.6 is 0 Å². The Morgan fingerprint density at radius 2 is 1.59 bits per heavy atom. The average molecular weight is 402 g/mol. The van der Waals surface area contributed by atoms with Crippen LogP contribution in [0.25, 0.3) is 0 Å². The normalized spacial score (nSPS) is 12.4. The maximum Gasteiger partial charge on any atom is 0.416 e. The molecule has 1 atom stereocenters. The van der Waals surface area contributed by atoms with Crippen LogP contribution in [-0.4, -0.2) is 5.91 Å². The Hall–Kier alpha value is -3.19. The topological polar surface area (TPSA) is 41.1 Å². The number of benzene rings is 3. The van der Waals surface area contributed by atoms with E-state index >= 15 is 0 Å². The molecule has 7 heteroatoms. The van der Waals surface area contributed by atoms with Gasteiger partial charge in [-0.2, -0.15) is 13.2 Å². The maximum absolute atomic E-state index is 13.1. The minimum Gasteiger partial charge on any atom is -0.324 e. The summed E-state index contributed by atoms with van der Waals surface area (Å²) in [6, 6.07) is 18.3. The van der Waals surface area contributed by atoms with Crippen molar-refractivity contribution in [3.05, 3.63) is 101 Å². The van der Waals surface area contributed by atoms with Crippen LogP contribution < -0.4 is 10.6 Å². The highest BCUT2D eigenvalue weighted by Crippen LogP contribution is 2.31. The molecule has 150 valence electrons. The van der Waals surface area contributed by atoms with Crippen molar-refractivity contribution in [3.63, 3.8) is 0 Å². The fourth-order valence-corrected chi connectivity index (χ4v) is 2.82. The van der Waals surface area contributed by atoms with E-state index in [9.17, 15) is 22.4 Å². The SMILES string of the molecule is O=C(Nc1cccc(C(F)(F)F)c1)[C@H](NCc1ccc(F)cc1)c1ccccc1. The van der Waals surface area contributed by atoms with Gasteiger partial charge < -0.3 is 5.32 Å². The van der Waals surface area contributed by atoms with E-state index in [1.54, 1.807) is 42.5 Å². The lowest BCUT2D eigenvalue weighted by Gasteiger charge is -2.19. The zero-order valence-corrected chi connectivity index (χ0v) is 15.2. The van der Waals surface area contributed by atoms with Crippen LogP contribution in [0.5, 0.6) is 0 Å². The molecule has 0 aromatic heterocycles. The van der Waals surface area contributed by atoms with Gasteiger partial charge in [0, 0.05) is 12.2 Å². The summed E-state index contributed by atoms with van der Waals surface area (Å²) >= 11 is 0. The van der Waals surface area contributed by atoms with Crippen molar-refractivity contribution in [1.29, 1.82) is 0 Å². The predicted molar refractivity (Wildman–Crippen MR) is 102 cm³/mol. The van der Waals surface area contributed by atoms with E-state index in [4.69, 9.17) is 0 Å². The summed E-state index contributed by atoms with van der Waals surface area (Å²) in [6.45, 7) is 0.274. The predicted octanol–water partition coefficient (Wildman–Crippen LogP) is 5.31. The van der Waals surface area contributed by atoms with Gasteiger partial charge in [0.05, 0.1) is 5.56 Å². The molecule has 3 aromatic rings. The van der Waals surface area contributed by atoms with Gasteiger partial charge in [0.25, 0.3) is 0 Å². The smallest absolute Gasteiger partial charge is 0.324 e. The van der Waals surface area contributed by atoms with Crippen LogP contribution in [0.3, 0.4) is 0 Å². The average Bonchev–Trinajstić information content (AvgIpc) is 2.70. The van der Waals surface area contributed by atoms with Gasteiger partial charge in [-0.3, -0.25) is 10.1 Å². The minimum atomic E-state index is -4.50. The van der Waals surface area contributed by atoms with Crippen molar-refractivity contribution < 1.29 is 22.4 Å². The van der Waals surface area contributed by atoms with Crippen molar-refractivity contribution in [3.8, 4) is 0 Å². The quantitative estimate of drug-likeness (QED) is 0.549. The number of carbonyl (C=O) groups excluding carboxylic acids is 1. The molecule has 0 saturated carbocycles. The first-order valence-corrected chi connectivity index (χ1v) is 8.84. The number of rotatable bonds is 6. The van der Waals surface area contributed by atoms with Crippen LogP contribution in [0.15, 0.2) is 78.9 Å². The number of anilines is 1. The van der Waals surface area contributed by atoms with Crippen LogP contribution in [0.4, 0.5) is 23.2 Å². The molecule has 0 bridgehead atoms. The number of nitrogens with one attached hydrogen (secondary N) is 2. The second kappa shape index (κ2) is 8.87. The van der Waals surface area contributed by atoms with Crippen molar-refractivity contribution in [1.82, 2.24) is 5.32 Å². The van der Waals surface area contributed by atoms with E-state index in [1.165, 1.54) is 24.3 Å². The minimum absolute atomic E-state index is 0.0503. The van der Waals surface area contributed by atoms with Gasteiger partial charge in [0.2, 0.25) is 5.91 Å². The Balaban J connectivity index is 1.78. The third-order valence-electron chi connectivity index (χ3n) is 4.28. The van der Waals surface area contributed by atoms with Crippen molar-refractivity contribution >= 4 is 11.6 Å². The van der Waals surface area contributed by atoms with E-state index in [2.05, 4.69) is 10.6 Å². The molecule has 0 aliphatic carbocycles. The molecule has 2 N–H and O–H groups in total. The summed E-state index contributed by atoms with van der Waals surface area (Å²) in [5, 5.41) is 5.62. The molecular formula is C22H18F4N2O. The summed E-state index contributed by atoms with van der Waals surface area (Å²) in [4.78, 5) is 12.8. The Morgan fingerprint density at radius 3 is 2.24 bits per heavy atom. The van der Waals surface area contributed by atoms with Gasteiger partial charge in [-0.1, -0.05) is 48.5 Å². The number of halogens is 4. The number of amides is 1. The van der Waals surface area contributed by atoms with Crippen molar-refractivity contribution in [2.45, 2.75) is 18.8 Å². The van der Waals surface area contributed by atoms with Gasteiger partial charge in [0.15, 0.2) is 0 Å². The molecule has 0 fully saturated rings. The van der Waals surface area contributed by atoms with Crippen molar-refractivity contribution in [2.75, 3.05) is 5.32 Å². The molecule has 3 nitrogen and oxygen atoms in total. The lowest BCUT2D eigenvalue weighted by molar-refractivity contribution is -0.137. The fraction of sp³-hybridized carbons (Fsp3) is 0.136. The third-order valence-corrected chi connectivity index (χ3v) is 4.28. The first-order valence-electron chi connectivity index (χ1n) is 8.84. The largest absolute Gasteiger partial charge is 0.416 e. The summed E-state index contributed by atoms with van der Waals surface area (Å²) in [5.41, 5.74) is 0.624. The molecule has 1 amide bonds. The molecule has 0 spiro atoms. The fourth-order valence-electron chi connectivity index (χ4n) is 2.82. The number of alkyl halides is 3. The molecule has 0 unspecified atom stereocenters. The monoisotopic (exact) mass is 402 g/mol. The second-order valence-corrected chi connectivity index (χ2v) is 6.42. The van der Waals surface area contributed by atoms with Gasteiger partial charge in [-0.15, -0.1) is 0 Å². The second-order valence-electron chi connectivity index (χ2n) is 6.42. The van der Waals surface area contributed by atoms with E-state index in [-0.39, 0.29) is 18.0 Å². The summed E-state index contributed by atoms with van der Waals surface area (Å²) in [7, 11) is 0. The van der Waals surface area contributed by atoms with Crippen LogP contribution in [-0.2, 0) is 17.5 Å². The molecule has 0 saturated heterocycles. The van der Waals surface area contributed by atoms with E-state index < -0.39 is 23.7 Å². The van der Waals surface area contributed by atoms with E-state index in [0.29, 0.717) is 5.56 Å². The maximum atomic E-state index is 13.1. The summed E-state index contributed by atoms with van der Waals surface area (Å²) < 4.78 is 51.8. The molecule has 0 aliphatic heterocycles. The number of carbonyl (C=O) groups is 1. The highest BCUT2D eigenvalue weighted by Gasteiger charge is 2.30. The summed E-state index contributed by atoms with van der Waals surface area (Å²) in [6.07, 6.45) is -4.50. The zero-order valence-electron chi connectivity index (χ0n) is 15.2. The van der Waals surface area contributed by atoms with Crippen LogP contribution in [0.2, 0.25) is 0 Å². The molecule has 29 heavy (non-hydrogen) atoms. The highest BCUT2D eigenvalue weighted by atomic mass is 19.4. The van der Waals surface area contributed by atoms with Crippen LogP contribution in [0, 0.1) is 5.82 Å². The Bertz CT molecular complexity index is 957. The van der Waals surface area contributed by atoms with Gasteiger partial charge in [-0.25, -0.2) is 4.39 Å². The Labute approximate surface area is 165 Å². The molecule has 0 aliphatic rings. The summed E-state index contributed by atoms with van der Waals surface area (Å²) in [5.74, 6) is -0.867. The molecular weight excluding hydrogens is 384 g/mol. The highest BCUT2D eigenvalue weighted by molar-refractivity contribution is 5.95. The standard InChI is InChI=1S/C22H18F4N2O/c23-18-11-9-15(10-12-18)14-27-20(16-5-2-1-3-6-16)21(29)28-19-8-4-7-17(13-19)22(24,25)26/h1-13,20,27H,14H2,(H,28,29)/t20-/m1/s1. The number of hydrogen-bond acceptors (Lipinski definition) is 2. The first-order chi connectivity index (χ1) is 13.8. The van der Waals surface area contributed by atoms with Gasteiger partial charge in [0.1, 0.15) is 11.9 Å². The van der Waals surface area contributed by atoms with Crippen molar-refractivity contribution in [2.24, 2.45) is 0 Å². The Morgan fingerprint density at radius 1 is 0.897 bits per heavy atom. The zero-order chi connectivity index (χ0) is 20.9. The van der Waals surface area contributed by atoms with Gasteiger partial charge >= 0.3 is 6.18 Å².